The van der Waals surface area contributed by atoms with Crippen LogP contribution >= 0.6 is 23.2 Å². The van der Waals surface area contributed by atoms with Crippen molar-refractivity contribution in [1.29, 1.82) is 0 Å². The first-order valence-corrected chi connectivity index (χ1v) is 6.19. The van der Waals surface area contributed by atoms with Gasteiger partial charge in [0.1, 0.15) is 23.4 Å². The Balaban J connectivity index is 2.36. The van der Waals surface area contributed by atoms with Gasteiger partial charge in [-0.25, -0.2) is 9.97 Å². The highest BCUT2D eigenvalue weighted by Crippen LogP contribution is 2.32. The van der Waals surface area contributed by atoms with Gasteiger partial charge in [0.05, 0.1) is 5.02 Å². The maximum atomic E-state index is 11.3. The van der Waals surface area contributed by atoms with Crippen LogP contribution in [0.2, 0.25) is 10.0 Å². The summed E-state index contributed by atoms with van der Waals surface area (Å²) in [6.45, 7) is 0. The number of nitrogens with zero attached hydrogens (tertiary/aromatic N) is 3. The lowest BCUT2D eigenvalue weighted by Crippen LogP contribution is -1.93. The molecule has 2 aromatic heterocycles. The highest BCUT2D eigenvalue weighted by molar-refractivity contribution is 6.35. The molecule has 0 saturated carbocycles. The van der Waals surface area contributed by atoms with Crippen molar-refractivity contribution in [3.8, 4) is 11.3 Å². The van der Waals surface area contributed by atoms with Gasteiger partial charge in [-0.05, 0) is 24.3 Å². The molecule has 0 radical (unpaired) electrons. The molecule has 0 unspecified atom stereocenters. The molecule has 2 heterocycles. The van der Waals surface area contributed by atoms with E-state index in [9.17, 15) is 4.79 Å². The quantitative estimate of drug-likeness (QED) is 0.679. The Morgan fingerprint density at radius 2 is 2.05 bits per heavy atom. The average Bonchev–Trinajstić information content (AvgIpc) is 2.79. The van der Waals surface area contributed by atoms with Crippen molar-refractivity contribution in [2.75, 3.05) is 0 Å². The Hall–Kier alpha value is -1.91. The van der Waals surface area contributed by atoms with Crippen molar-refractivity contribution in [3.63, 3.8) is 0 Å². The molecule has 0 fully saturated rings. The Labute approximate surface area is 118 Å². The average molecular weight is 292 g/mol. The summed E-state index contributed by atoms with van der Waals surface area (Å²) >= 11 is 12.1. The topological polar surface area (TPSA) is 47.3 Å². The first-order chi connectivity index (χ1) is 9.20. The third-order valence-electron chi connectivity index (χ3n) is 2.76. The predicted molar refractivity (Wildman–Crippen MR) is 73.8 cm³/mol. The van der Waals surface area contributed by atoms with E-state index in [1.165, 1.54) is 6.33 Å². The Kier molecular flexibility index (Phi) is 2.97. The van der Waals surface area contributed by atoms with Crippen LogP contribution in [0.4, 0.5) is 0 Å². The van der Waals surface area contributed by atoms with Gasteiger partial charge in [-0.1, -0.05) is 23.2 Å². The summed E-state index contributed by atoms with van der Waals surface area (Å²) in [6, 6.07) is 6.77. The fraction of sp³-hybridized carbons (Fsp3) is 0. The zero-order valence-electron chi connectivity index (χ0n) is 9.55. The number of fused-ring (bicyclic) bond motifs is 1. The molecule has 3 rings (SSSR count). The molecule has 6 heteroatoms. The Morgan fingerprint density at radius 1 is 1.21 bits per heavy atom. The maximum Gasteiger partial charge on any atom is 0.169 e. The molecule has 0 saturated heterocycles. The third kappa shape index (κ3) is 1.99. The minimum absolute atomic E-state index is 0.396. The number of imidazole rings is 1. The van der Waals surface area contributed by atoms with Crippen LogP contribution in [0.15, 0.2) is 36.8 Å². The van der Waals surface area contributed by atoms with Gasteiger partial charge in [-0.15, -0.1) is 0 Å². The molecule has 0 amide bonds. The molecule has 0 aliphatic carbocycles. The van der Waals surface area contributed by atoms with Crippen LogP contribution < -0.4 is 0 Å². The number of aldehydes is 1. The van der Waals surface area contributed by atoms with Gasteiger partial charge >= 0.3 is 0 Å². The van der Waals surface area contributed by atoms with Gasteiger partial charge in [-0.2, -0.15) is 0 Å². The number of benzene rings is 1. The summed E-state index contributed by atoms with van der Waals surface area (Å²) < 4.78 is 1.61. The number of hydrogen-bond acceptors (Lipinski definition) is 3. The minimum Gasteiger partial charge on any atom is -0.296 e. The molecule has 0 atom stereocenters. The molecular formula is C13H7Cl2N3O. The van der Waals surface area contributed by atoms with Crippen molar-refractivity contribution in [3.05, 3.63) is 52.5 Å². The van der Waals surface area contributed by atoms with E-state index >= 15 is 0 Å². The van der Waals surface area contributed by atoms with E-state index < -0.39 is 0 Å². The summed E-state index contributed by atoms with van der Waals surface area (Å²) in [5.74, 6) is 0. The smallest absolute Gasteiger partial charge is 0.169 e. The number of aromatic nitrogens is 3. The molecule has 0 aliphatic heterocycles. The lowest BCUT2D eigenvalue weighted by Gasteiger charge is -2.02. The van der Waals surface area contributed by atoms with Crippen LogP contribution in [0.25, 0.3) is 16.9 Å². The fourth-order valence-electron chi connectivity index (χ4n) is 1.91. The van der Waals surface area contributed by atoms with E-state index in [-0.39, 0.29) is 0 Å². The van der Waals surface area contributed by atoms with Gasteiger partial charge < -0.3 is 0 Å². The lowest BCUT2D eigenvalue weighted by molar-refractivity contribution is 0.111. The van der Waals surface area contributed by atoms with Crippen LogP contribution in [0.1, 0.15) is 10.5 Å². The molecule has 0 aliphatic rings. The Morgan fingerprint density at radius 3 is 2.84 bits per heavy atom. The molecule has 0 N–H and O–H groups in total. The van der Waals surface area contributed by atoms with Gasteiger partial charge in [-0.3, -0.25) is 9.20 Å². The molecular weight excluding hydrogens is 285 g/mol. The van der Waals surface area contributed by atoms with E-state index in [2.05, 4.69) is 9.97 Å². The van der Waals surface area contributed by atoms with Crippen LogP contribution in [0.3, 0.4) is 0 Å². The second-order valence-corrected chi connectivity index (χ2v) is 4.74. The number of carbonyl (C=O) groups is 1. The first-order valence-electron chi connectivity index (χ1n) is 5.43. The summed E-state index contributed by atoms with van der Waals surface area (Å²) in [5, 5.41) is 1.02. The zero-order valence-corrected chi connectivity index (χ0v) is 11.1. The van der Waals surface area contributed by atoms with E-state index in [0.29, 0.717) is 32.6 Å². The minimum atomic E-state index is 0.396. The van der Waals surface area contributed by atoms with Crippen LogP contribution in [0.5, 0.6) is 0 Å². The standard InChI is InChI=1S/C13H7Cl2N3O/c14-8-1-2-10(15)9(5-8)13-11(6-19)18-7-16-4-3-12(18)17-13/h1-7H. The molecule has 4 nitrogen and oxygen atoms in total. The predicted octanol–water partition coefficient (Wildman–Crippen LogP) is 3.52. The van der Waals surface area contributed by atoms with Crippen molar-refractivity contribution in [2.24, 2.45) is 0 Å². The van der Waals surface area contributed by atoms with Crippen molar-refractivity contribution in [1.82, 2.24) is 14.4 Å². The van der Waals surface area contributed by atoms with Gasteiger partial charge in [0, 0.05) is 16.8 Å². The Bertz CT molecular complexity index is 783. The van der Waals surface area contributed by atoms with E-state index in [0.717, 1.165) is 6.29 Å². The number of hydrogen-bond donors (Lipinski definition) is 0. The highest BCUT2D eigenvalue weighted by atomic mass is 35.5. The second kappa shape index (κ2) is 4.64. The van der Waals surface area contributed by atoms with Gasteiger partial charge in [0.2, 0.25) is 0 Å². The summed E-state index contributed by atoms with van der Waals surface area (Å²) in [7, 11) is 0. The van der Waals surface area contributed by atoms with Crippen LogP contribution in [-0.4, -0.2) is 20.7 Å². The highest BCUT2D eigenvalue weighted by Gasteiger charge is 2.16. The number of carbonyl (C=O) groups excluding carboxylic acids is 1. The van der Waals surface area contributed by atoms with Crippen LogP contribution in [-0.2, 0) is 0 Å². The van der Waals surface area contributed by atoms with Gasteiger partial charge in [0.25, 0.3) is 0 Å². The molecule has 19 heavy (non-hydrogen) atoms. The molecule has 0 bridgehead atoms. The van der Waals surface area contributed by atoms with Crippen molar-refractivity contribution >= 4 is 35.1 Å². The molecule has 3 aromatic rings. The SMILES string of the molecule is O=Cc1c(-c2cc(Cl)ccc2Cl)nc2ccncn12. The maximum absolute atomic E-state index is 11.3. The van der Waals surface area contributed by atoms with Gasteiger partial charge in [0.15, 0.2) is 6.29 Å². The molecule has 1 aromatic carbocycles. The van der Waals surface area contributed by atoms with Crippen LogP contribution in [0, 0.1) is 0 Å². The lowest BCUT2D eigenvalue weighted by atomic mass is 10.1. The van der Waals surface area contributed by atoms with E-state index in [1.807, 2.05) is 0 Å². The van der Waals surface area contributed by atoms with E-state index in [1.54, 1.807) is 34.9 Å². The molecule has 94 valence electrons. The van der Waals surface area contributed by atoms with E-state index in [4.69, 9.17) is 23.2 Å². The summed E-state index contributed by atoms with van der Waals surface area (Å²) in [4.78, 5) is 19.7. The van der Waals surface area contributed by atoms with Crippen molar-refractivity contribution < 1.29 is 4.79 Å². The molecule has 0 spiro atoms. The number of rotatable bonds is 2. The first kappa shape index (κ1) is 12.1. The third-order valence-corrected chi connectivity index (χ3v) is 3.33. The summed E-state index contributed by atoms with van der Waals surface area (Å²) in [5.41, 5.74) is 2.14. The fourth-order valence-corrected chi connectivity index (χ4v) is 2.29. The summed E-state index contributed by atoms with van der Waals surface area (Å²) in [6.07, 6.45) is 3.88. The monoisotopic (exact) mass is 291 g/mol. The zero-order chi connectivity index (χ0) is 13.4. The number of halogens is 2. The van der Waals surface area contributed by atoms with Crippen molar-refractivity contribution in [2.45, 2.75) is 0 Å². The normalized spacial score (nSPS) is 10.8. The largest absolute Gasteiger partial charge is 0.296 e. The second-order valence-electron chi connectivity index (χ2n) is 3.90.